The van der Waals surface area contributed by atoms with Gasteiger partial charge in [0.15, 0.2) is 0 Å². The molecule has 2 N–H and O–H groups in total. The number of thioether (sulfide) groups is 1. The number of aromatic nitrogens is 2. The van der Waals surface area contributed by atoms with Crippen molar-refractivity contribution in [3.63, 3.8) is 0 Å². The molecule has 2 heterocycles. The van der Waals surface area contributed by atoms with E-state index in [1.165, 1.54) is 4.88 Å². The summed E-state index contributed by atoms with van der Waals surface area (Å²) in [6.45, 7) is 6.39. The van der Waals surface area contributed by atoms with Crippen LogP contribution in [0.3, 0.4) is 0 Å². The highest BCUT2D eigenvalue weighted by Gasteiger charge is 2.22. The van der Waals surface area contributed by atoms with Gasteiger partial charge in [0.05, 0.1) is 11.0 Å². The Labute approximate surface area is 197 Å². The first-order valence-corrected chi connectivity index (χ1v) is 13.2. The van der Waals surface area contributed by atoms with Crippen molar-refractivity contribution in [2.24, 2.45) is 0 Å². The fourth-order valence-corrected chi connectivity index (χ4v) is 5.28. The molecule has 0 aliphatic rings. The largest absolute Gasteiger partial charge is 0.480 e. The van der Waals surface area contributed by atoms with Gasteiger partial charge in [-0.3, -0.25) is 4.79 Å². The summed E-state index contributed by atoms with van der Waals surface area (Å²) in [5, 5.41) is 14.2. The third kappa shape index (κ3) is 5.72. The molecule has 0 bridgehead atoms. The van der Waals surface area contributed by atoms with Gasteiger partial charge < -0.3 is 15.0 Å². The zero-order chi connectivity index (χ0) is 23.1. The van der Waals surface area contributed by atoms with Crippen LogP contribution in [0.15, 0.2) is 35.7 Å². The lowest BCUT2D eigenvalue weighted by atomic mass is 10.1. The normalized spacial score (nSPS) is 12.4. The maximum absolute atomic E-state index is 12.8. The summed E-state index contributed by atoms with van der Waals surface area (Å²) in [5.41, 5.74) is 2.21. The number of carboxylic acid groups (broad SMARTS) is 1. The van der Waals surface area contributed by atoms with Gasteiger partial charge in [0.2, 0.25) is 0 Å². The average molecular weight is 474 g/mol. The van der Waals surface area contributed by atoms with Crippen molar-refractivity contribution >= 4 is 46.0 Å². The van der Waals surface area contributed by atoms with Crippen molar-refractivity contribution < 1.29 is 14.7 Å². The molecule has 0 aliphatic carbocycles. The highest BCUT2D eigenvalue weighted by Crippen LogP contribution is 2.28. The molecule has 0 fully saturated rings. The lowest BCUT2D eigenvalue weighted by Gasteiger charge is -2.19. The number of nitrogens with zero attached hydrogens (tertiary/aromatic N) is 2. The molecule has 1 unspecified atom stereocenters. The molecule has 1 aromatic carbocycles. The van der Waals surface area contributed by atoms with E-state index in [2.05, 4.69) is 35.2 Å². The molecule has 1 atom stereocenters. The molecule has 3 rings (SSSR count). The molecule has 6 nitrogen and oxygen atoms in total. The lowest BCUT2D eigenvalue weighted by molar-refractivity contribution is -0.139. The number of hydrogen-bond acceptors (Lipinski definition) is 5. The number of benzene rings is 1. The standard InChI is InChI=1S/C24H31N3O3S2/c1-4-17(5-2)27-21-10-9-16(23(28)26-19(24(29)30)11-13-31-6-3)14-20(21)25-22(27)15-18-8-7-12-32-18/h7-10,12,14,17,19H,4-6,11,13,15H2,1-3H3,(H,26,28)(H,29,30). The van der Waals surface area contributed by atoms with Crippen molar-refractivity contribution in [3.05, 3.63) is 52.0 Å². The van der Waals surface area contributed by atoms with Crippen LogP contribution in [-0.2, 0) is 11.2 Å². The minimum atomic E-state index is -1.01. The van der Waals surface area contributed by atoms with E-state index < -0.39 is 12.0 Å². The van der Waals surface area contributed by atoms with Crippen molar-refractivity contribution in [2.75, 3.05) is 11.5 Å². The van der Waals surface area contributed by atoms with Gasteiger partial charge in [0, 0.05) is 22.9 Å². The zero-order valence-electron chi connectivity index (χ0n) is 18.8. The molecule has 1 amide bonds. The number of fused-ring (bicyclic) bond motifs is 1. The zero-order valence-corrected chi connectivity index (χ0v) is 20.5. The number of rotatable bonds is 12. The number of nitrogens with one attached hydrogen (secondary N) is 1. The van der Waals surface area contributed by atoms with Crippen LogP contribution in [0.1, 0.15) is 67.1 Å². The van der Waals surface area contributed by atoms with Gasteiger partial charge in [0.1, 0.15) is 11.9 Å². The highest BCUT2D eigenvalue weighted by atomic mass is 32.2. The number of carbonyl (C=O) groups excluding carboxylic acids is 1. The first-order valence-electron chi connectivity index (χ1n) is 11.1. The molecule has 3 aromatic rings. The van der Waals surface area contributed by atoms with E-state index in [0.717, 1.165) is 41.9 Å². The Morgan fingerprint density at radius 2 is 2.00 bits per heavy atom. The summed E-state index contributed by atoms with van der Waals surface area (Å²) >= 11 is 3.38. The number of imidazole rings is 1. The number of thiophene rings is 1. The molecule has 8 heteroatoms. The van der Waals surface area contributed by atoms with Crippen LogP contribution < -0.4 is 5.32 Å². The summed E-state index contributed by atoms with van der Waals surface area (Å²) in [6, 6.07) is 9.09. The Morgan fingerprint density at radius 3 is 2.62 bits per heavy atom. The number of aliphatic carboxylic acids is 1. The third-order valence-corrected chi connectivity index (χ3v) is 7.41. The monoisotopic (exact) mass is 473 g/mol. The number of amides is 1. The quantitative estimate of drug-likeness (QED) is 0.345. The van der Waals surface area contributed by atoms with Crippen LogP contribution in [0.5, 0.6) is 0 Å². The topological polar surface area (TPSA) is 84.2 Å². The van der Waals surface area contributed by atoms with Crippen molar-refractivity contribution in [1.82, 2.24) is 14.9 Å². The molecule has 0 saturated heterocycles. The molecule has 0 saturated carbocycles. The van der Waals surface area contributed by atoms with Crippen molar-refractivity contribution in [1.29, 1.82) is 0 Å². The molecule has 32 heavy (non-hydrogen) atoms. The van der Waals surface area contributed by atoms with Crippen LogP contribution >= 0.6 is 23.1 Å². The number of hydrogen-bond donors (Lipinski definition) is 2. The predicted octanol–water partition coefficient (Wildman–Crippen LogP) is 5.38. The Balaban J connectivity index is 1.90. The Bertz CT molecular complexity index is 1040. The van der Waals surface area contributed by atoms with Crippen LogP contribution in [-0.4, -0.2) is 44.1 Å². The maximum Gasteiger partial charge on any atom is 0.326 e. The van der Waals surface area contributed by atoms with E-state index in [1.54, 1.807) is 35.2 Å². The van der Waals surface area contributed by atoms with Gasteiger partial charge in [-0.1, -0.05) is 26.8 Å². The van der Waals surface area contributed by atoms with Gasteiger partial charge in [-0.25, -0.2) is 9.78 Å². The Hall–Kier alpha value is -2.32. The van der Waals surface area contributed by atoms with Gasteiger partial charge in [-0.2, -0.15) is 11.8 Å². The van der Waals surface area contributed by atoms with E-state index in [9.17, 15) is 14.7 Å². The smallest absolute Gasteiger partial charge is 0.326 e. The van der Waals surface area contributed by atoms with Crippen LogP contribution in [0.2, 0.25) is 0 Å². The summed E-state index contributed by atoms with van der Waals surface area (Å²) in [6.07, 6.45) is 3.14. The van der Waals surface area contributed by atoms with Gasteiger partial charge in [-0.05, 0) is 60.4 Å². The molecule has 0 spiro atoms. The SMILES string of the molecule is CCSCCC(NC(=O)c1ccc2c(c1)nc(Cc1cccs1)n2C(CC)CC)C(=O)O. The average Bonchev–Trinajstić information content (AvgIpc) is 3.41. The van der Waals surface area contributed by atoms with Gasteiger partial charge >= 0.3 is 5.97 Å². The molecular formula is C24H31N3O3S2. The number of carbonyl (C=O) groups is 2. The summed E-state index contributed by atoms with van der Waals surface area (Å²) in [5.74, 6) is 1.22. The minimum absolute atomic E-state index is 0.335. The van der Waals surface area contributed by atoms with Crippen LogP contribution in [0.25, 0.3) is 11.0 Å². The molecular weight excluding hydrogens is 442 g/mol. The van der Waals surface area contributed by atoms with E-state index in [1.807, 2.05) is 19.1 Å². The summed E-state index contributed by atoms with van der Waals surface area (Å²) in [4.78, 5) is 30.5. The fourth-order valence-electron chi connectivity index (χ4n) is 3.89. The van der Waals surface area contributed by atoms with E-state index in [-0.39, 0.29) is 5.91 Å². The lowest BCUT2D eigenvalue weighted by Crippen LogP contribution is -2.41. The van der Waals surface area contributed by atoms with Gasteiger partial charge in [-0.15, -0.1) is 11.3 Å². The molecule has 2 aromatic heterocycles. The van der Waals surface area contributed by atoms with Crippen molar-refractivity contribution in [2.45, 2.75) is 58.5 Å². The molecule has 0 radical (unpaired) electrons. The first kappa shape index (κ1) is 24.3. The number of carboxylic acids is 1. The van der Waals surface area contributed by atoms with E-state index >= 15 is 0 Å². The maximum atomic E-state index is 12.8. The van der Waals surface area contributed by atoms with Crippen LogP contribution in [0, 0.1) is 0 Å². The highest BCUT2D eigenvalue weighted by molar-refractivity contribution is 7.99. The Kier molecular flexibility index (Phi) is 8.75. The van der Waals surface area contributed by atoms with E-state index in [4.69, 9.17) is 4.98 Å². The molecule has 0 aliphatic heterocycles. The minimum Gasteiger partial charge on any atom is -0.480 e. The van der Waals surface area contributed by atoms with Crippen LogP contribution in [0.4, 0.5) is 0 Å². The third-order valence-electron chi connectivity index (χ3n) is 5.60. The second kappa shape index (κ2) is 11.5. The van der Waals surface area contributed by atoms with Crippen molar-refractivity contribution in [3.8, 4) is 0 Å². The Morgan fingerprint density at radius 1 is 1.22 bits per heavy atom. The second-order valence-electron chi connectivity index (χ2n) is 7.68. The van der Waals surface area contributed by atoms with E-state index in [0.29, 0.717) is 23.8 Å². The summed E-state index contributed by atoms with van der Waals surface area (Å²) in [7, 11) is 0. The predicted molar refractivity (Wildman–Crippen MR) is 133 cm³/mol. The molecule has 172 valence electrons. The first-order chi connectivity index (χ1) is 15.5. The summed E-state index contributed by atoms with van der Waals surface area (Å²) < 4.78 is 2.30. The second-order valence-corrected chi connectivity index (χ2v) is 10.1. The fraction of sp³-hybridized carbons (Fsp3) is 0.458. The van der Waals surface area contributed by atoms with Gasteiger partial charge in [0.25, 0.3) is 5.91 Å².